The zero-order valence-electron chi connectivity index (χ0n) is 7.29. The fraction of sp³-hybridized carbons (Fsp3) is 0.400. The molecule has 1 rings (SSSR count). The summed E-state index contributed by atoms with van der Waals surface area (Å²) in [5.41, 5.74) is 6.10. The summed E-state index contributed by atoms with van der Waals surface area (Å²) in [4.78, 5) is 0. The number of aliphatic hydroxyl groups excluding tert-OH is 1. The molecule has 2 nitrogen and oxygen atoms in total. The summed E-state index contributed by atoms with van der Waals surface area (Å²) in [6.07, 6.45) is 2.23. The van der Waals surface area contributed by atoms with Gasteiger partial charge in [-0.05, 0) is 17.5 Å². The van der Waals surface area contributed by atoms with Crippen LogP contribution in [0.5, 0.6) is 0 Å². The minimum Gasteiger partial charge on any atom is -0.392 e. The van der Waals surface area contributed by atoms with Crippen molar-refractivity contribution >= 4 is 0 Å². The summed E-state index contributed by atoms with van der Waals surface area (Å²) in [5, 5.41) is 8.79. The lowest BCUT2D eigenvalue weighted by Crippen LogP contribution is -2.50. The van der Waals surface area contributed by atoms with Gasteiger partial charge >= 0.3 is 0 Å². The smallest absolute Gasteiger partial charge is 0.0743 e. The van der Waals surface area contributed by atoms with Crippen LogP contribution in [0.15, 0.2) is 24.3 Å². The second-order valence-electron chi connectivity index (χ2n) is 2.93. The van der Waals surface area contributed by atoms with Crippen molar-refractivity contribution in [2.24, 2.45) is 0 Å². The largest absolute Gasteiger partial charge is 0.392 e. The normalized spacial score (nSPS) is 10.2. The first-order chi connectivity index (χ1) is 5.86. The van der Waals surface area contributed by atoms with E-state index in [2.05, 4.69) is 17.9 Å². The van der Waals surface area contributed by atoms with E-state index in [1.807, 2.05) is 12.1 Å². The molecule has 0 aliphatic heterocycles. The quantitative estimate of drug-likeness (QED) is 0.666. The lowest BCUT2D eigenvalue weighted by molar-refractivity contribution is -0.368. The van der Waals surface area contributed by atoms with E-state index in [-0.39, 0.29) is 6.61 Å². The van der Waals surface area contributed by atoms with Crippen LogP contribution in [0, 0.1) is 0 Å². The van der Waals surface area contributed by atoms with Crippen LogP contribution in [0.2, 0.25) is 0 Å². The van der Waals surface area contributed by atoms with Gasteiger partial charge in [-0.15, -0.1) is 0 Å². The molecular weight excluding hydrogens is 150 g/mol. The van der Waals surface area contributed by atoms with E-state index in [4.69, 9.17) is 5.11 Å². The molecule has 1 aromatic rings. The summed E-state index contributed by atoms with van der Waals surface area (Å²) in [7, 11) is 0. The van der Waals surface area contributed by atoms with Crippen LogP contribution in [-0.2, 0) is 13.0 Å². The third kappa shape index (κ3) is 2.64. The number of rotatable bonds is 4. The van der Waals surface area contributed by atoms with Gasteiger partial charge in [0.05, 0.1) is 13.2 Å². The van der Waals surface area contributed by atoms with Crippen LogP contribution >= 0.6 is 0 Å². The van der Waals surface area contributed by atoms with Gasteiger partial charge in [-0.1, -0.05) is 24.3 Å². The molecular formula is C10H16NO+. The predicted octanol–water partition coefficient (Wildman–Crippen LogP) is 0.353. The Kier molecular flexibility index (Phi) is 3.77. The number of aliphatic hydroxyl groups is 1. The monoisotopic (exact) mass is 166 g/mol. The van der Waals surface area contributed by atoms with Gasteiger partial charge in [-0.2, -0.15) is 0 Å². The van der Waals surface area contributed by atoms with Crippen molar-refractivity contribution in [3.63, 3.8) is 0 Å². The van der Waals surface area contributed by atoms with Crippen molar-refractivity contribution in [1.82, 2.24) is 0 Å². The summed E-state index contributed by atoms with van der Waals surface area (Å²) < 4.78 is 0. The van der Waals surface area contributed by atoms with Crippen LogP contribution in [0.25, 0.3) is 0 Å². The van der Waals surface area contributed by atoms with Gasteiger partial charge in [0.25, 0.3) is 0 Å². The first-order valence-corrected chi connectivity index (χ1v) is 4.34. The zero-order chi connectivity index (χ0) is 8.81. The molecule has 0 bridgehead atoms. The average molecular weight is 166 g/mol. The second kappa shape index (κ2) is 4.91. The number of benzene rings is 1. The van der Waals surface area contributed by atoms with Gasteiger partial charge in [0.1, 0.15) is 0 Å². The maximum Gasteiger partial charge on any atom is 0.0743 e. The number of hydrogen-bond acceptors (Lipinski definition) is 1. The first-order valence-electron chi connectivity index (χ1n) is 4.34. The molecule has 1 aromatic carbocycles. The molecule has 2 heteroatoms. The Bertz CT molecular complexity index is 218. The number of quaternary nitrogens is 1. The minimum atomic E-state index is 0.135. The van der Waals surface area contributed by atoms with Gasteiger partial charge < -0.3 is 10.8 Å². The molecule has 4 N–H and O–H groups in total. The summed E-state index contributed by atoms with van der Waals surface area (Å²) >= 11 is 0. The SMILES string of the molecule is [NH3+]CCCc1ccc(CO)cc1. The molecule has 0 aliphatic carbocycles. The van der Waals surface area contributed by atoms with E-state index >= 15 is 0 Å². The third-order valence-electron chi connectivity index (χ3n) is 1.92. The zero-order valence-corrected chi connectivity index (χ0v) is 7.29. The summed E-state index contributed by atoms with van der Waals surface area (Å²) in [5.74, 6) is 0. The van der Waals surface area contributed by atoms with E-state index in [0.717, 1.165) is 24.9 Å². The van der Waals surface area contributed by atoms with Crippen molar-refractivity contribution in [1.29, 1.82) is 0 Å². The topological polar surface area (TPSA) is 47.9 Å². The Morgan fingerprint density at radius 3 is 2.17 bits per heavy atom. The summed E-state index contributed by atoms with van der Waals surface area (Å²) in [6, 6.07) is 8.08. The molecule has 0 atom stereocenters. The molecule has 0 fully saturated rings. The standard InChI is InChI=1S/C10H15NO/c11-7-1-2-9-3-5-10(8-12)6-4-9/h3-6,12H,1-2,7-8,11H2/p+1. The lowest BCUT2D eigenvalue weighted by Gasteiger charge is -1.99. The van der Waals surface area contributed by atoms with Crippen LogP contribution < -0.4 is 5.73 Å². The van der Waals surface area contributed by atoms with Crippen LogP contribution in [0.4, 0.5) is 0 Å². The van der Waals surface area contributed by atoms with E-state index in [1.165, 1.54) is 5.56 Å². The highest BCUT2D eigenvalue weighted by Crippen LogP contribution is 2.05. The van der Waals surface area contributed by atoms with Crippen molar-refractivity contribution in [2.45, 2.75) is 19.4 Å². The van der Waals surface area contributed by atoms with Crippen molar-refractivity contribution in [3.05, 3.63) is 35.4 Å². The molecule has 0 saturated heterocycles. The fourth-order valence-electron chi connectivity index (χ4n) is 1.14. The van der Waals surface area contributed by atoms with Crippen molar-refractivity contribution in [2.75, 3.05) is 6.54 Å². The van der Waals surface area contributed by atoms with Crippen molar-refractivity contribution in [3.8, 4) is 0 Å². The van der Waals surface area contributed by atoms with Gasteiger partial charge in [0.15, 0.2) is 0 Å². The Balaban J connectivity index is 2.53. The van der Waals surface area contributed by atoms with Gasteiger partial charge in [0.2, 0.25) is 0 Å². The molecule has 0 radical (unpaired) electrons. The minimum absolute atomic E-state index is 0.135. The van der Waals surface area contributed by atoms with E-state index in [1.54, 1.807) is 0 Å². The van der Waals surface area contributed by atoms with Gasteiger partial charge in [-0.3, -0.25) is 0 Å². The number of aryl methyl sites for hydroxylation is 1. The number of hydrogen-bond donors (Lipinski definition) is 2. The average Bonchev–Trinajstić information content (AvgIpc) is 2.15. The maximum absolute atomic E-state index is 8.79. The highest BCUT2D eigenvalue weighted by molar-refractivity contribution is 5.21. The Labute approximate surface area is 73.0 Å². The van der Waals surface area contributed by atoms with Gasteiger partial charge in [0, 0.05) is 6.42 Å². The highest BCUT2D eigenvalue weighted by Gasteiger charge is 1.93. The van der Waals surface area contributed by atoms with Crippen LogP contribution in [0.3, 0.4) is 0 Å². The van der Waals surface area contributed by atoms with E-state index < -0.39 is 0 Å². The predicted molar refractivity (Wildman–Crippen MR) is 48.4 cm³/mol. The lowest BCUT2D eigenvalue weighted by atomic mass is 10.1. The molecule has 0 heterocycles. The molecule has 0 spiro atoms. The van der Waals surface area contributed by atoms with Crippen LogP contribution in [0.1, 0.15) is 17.5 Å². The Morgan fingerprint density at radius 2 is 1.67 bits per heavy atom. The van der Waals surface area contributed by atoms with E-state index in [0.29, 0.717) is 0 Å². The van der Waals surface area contributed by atoms with Crippen molar-refractivity contribution < 1.29 is 10.8 Å². The van der Waals surface area contributed by atoms with Gasteiger partial charge in [-0.25, -0.2) is 0 Å². The molecule has 0 aliphatic rings. The molecule has 12 heavy (non-hydrogen) atoms. The fourth-order valence-corrected chi connectivity index (χ4v) is 1.14. The second-order valence-corrected chi connectivity index (χ2v) is 2.93. The Morgan fingerprint density at radius 1 is 1.08 bits per heavy atom. The Hall–Kier alpha value is -0.860. The molecule has 0 saturated carbocycles. The molecule has 0 amide bonds. The van der Waals surface area contributed by atoms with Crippen LogP contribution in [-0.4, -0.2) is 11.7 Å². The first kappa shape index (κ1) is 9.23. The van der Waals surface area contributed by atoms with E-state index in [9.17, 15) is 0 Å². The molecule has 66 valence electrons. The highest BCUT2D eigenvalue weighted by atomic mass is 16.3. The maximum atomic E-state index is 8.79. The third-order valence-corrected chi connectivity index (χ3v) is 1.92. The summed E-state index contributed by atoms with van der Waals surface area (Å²) in [6.45, 7) is 1.12. The molecule has 0 aromatic heterocycles. The molecule has 0 unspecified atom stereocenters.